The van der Waals surface area contributed by atoms with Gasteiger partial charge in [-0.2, -0.15) is 0 Å². The van der Waals surface area contributed by atoms with Crippen molar-refractivity contribution in [3.63, 3.8) is 0 Å². The predicted octanol–water partition coefficient (Wildman–Crippen LogP) is 5.61. The second-order valence-corrected chi connectivity index (χ2v) is 6.15. The van der Waals surface area contributed by atoms with Crippen LogP contribution in [0.25, 0.3) is 0 Å². The molecule has 0 aromatic heterocycles. The SMILES string of the molecule is C[C@H](NCc1ccc(Cl)cc1Cl)c1cccc(Br)c1. The Morgan fingerprint density at radius 2 is 1.95 bits per heavy atom. The van der Waals surface area contributed by atoms with Crippen LogP contribution in [0.2, 0.25) is 10.0 Å². The van der Waals surface area contributed by atoms with Gasteiger partial charge in [-0.15, -0.1) is 0 Å². The summed E-state index contributed by atoms with van der Waals surface area (Å²) in [6.45, 7) is 2.84. The molecule has 1 atom stereocenters. The Kier molecular flexibility index (Phi) is 5.28. The van der Waals surface area contributed by atoms with Gasteiger partial charge in [0.05, 0.1) is 0 Å². The highest BCUT2D eigenvalue weighted by Crippen LogP contribution is 2.22. The van der Waals surface area contributed by atoms with E-state index in [-0.39, 0.29) is 6.04 Å². The van der Waals surface area contributed by atoms with Gasteiger partial charge in [-0.25, -0.2) is 0 Å². The molecule has 0 spiro atoms. The fraction of sp³-hybridized carbons (Fsp3) is 0.200. The van der Waals surface area contributed by atoms with Crippen LogP contribution in [0.1, 0.15) is 24.1 Å². The second kappa shape index (κ2) is 6.76. The highest BCUT2D eigenvalue weighted by atomic mass is 79.9. The Labute approximate surface area is 132 Å². The first-order valence-electron chi connectivity index (χ1n) is 5.99. The van der Waals surface area contributed by atoms with Gasteiger partial charge < -0.3 is 5.32 Å². The molecular formula is C15H14BrCl2N. The molecule has 1 nitrogen and oxygen atoms in total. The third-order valence-corrected chi connectivity index (χ3v) is 4.04. The summed E-state index contributed by atoms with van der Waals surface area (Å²) in [7, 11) is 0. The van der Waals surface area contributed by atoms with E-state index < -0.39 is 0 Å². The van der Waals surface area contributed by atoms with Crippen LogP contribution in [-0.4, -0.2) is 0 Å². The molecule has 0 aliphatic carbocycles. The average Bonchev–Trinajstić information content (AvgIpc) is 2.37. The lowest BCUT2D eigenvalue weighted by atomic mass is 10.1. The van der Waals surface area contributed by atoms with Crippen LogP contribution in [0.3, 0.4) is 0 Å². The zero-order valence-corrected chi connectivity index (χ0v) is 13.6. The van der Waals surface area contributed by atoms with Crippen molar-refractivity contribution in [1.29, 1.82) is 0 Å². The molecule has 1 N–H and O–H groups in total. The molecule has 0 aliphatic rings. The van der Waals surface area contributed by atoms with Crippen molar-refractivity contribution in [3.05, 3.63) is 68.1 Å². The van der Waals surface area contributed by atoms with Crippen LogP contribution in [0.15, 0.2) is 46.9 Å². The van der Waals surface area contributed by atoms with Gasteiger partial charge in [0, 0.05) is 27.1 Å². The van der Waals surface area contributed by atoms with Crippen molar-refractivity contribution < 1.29 is 0 Å². The monoisotopic (exact) mass is 357 g/mol. The van der Waals surface area contributed by atoms with Crippen LogP contribution in [0.4, 0.5) is 0 Å². The molecule has 2 rings (SSSR count). The van der Waals surface area contributed by atoms with Gasteiger partial charge in [0.1, 0.15) is 0 Å². The van der Waals surface area contributed by atoms with Crippen LogP contribution in [-0.2, 0) is 6.54 Å². The fourth-order valence-corrected chi connectivity index (χ4v) is 2.71. The van der Waals surface area contributed by atoms with Crippen LogP contribution in [0, 0.1) is 0 Å². The summed E-state index contributed by atoms with van der Waals surface area (Å²) in [5.74, 6) is 0. The third kappa shape index (κ3) is 4.22. The minimum absolute atomic E-state index is 0.254. The maximum atomic E-state index is 6.15. The number of hydrogen-bond donors (Lipinski definition) is 1. The van der Waals surface area contributed by atoms with E-state index in [9.17, 15) is 0 Å². The second-order valence-electron chi connectivity index (χ2n) is 4.39. The molecule has 0 unspecified atom stereocenters. The first kappa shape index (κ1) is 14.9. The number of hydrogen-bond acceptors (Lipinski definition) is 1. The average molecular weight is 359 g/mol. The summed E-state index contributed by atoms with van der Waals surface area (Å²) in [5, 5.41) is 4.81. The molecule has 0 aliphatic heterocycles. The largest absolute Gasteiger partial charge is 0.306 e. The van der Waals surface area contributed by atoms with Crippen LogP contribution >= 0.6 is 39.1 Å². The summed E-state index contributed by atoms with van der Waals surface area (Å²) in [6.07, 6.45) is 0. The van der Waals surface area contributed by atoms with Crippen molar-refractivity contribution >= 4 is 39.1 Å². The predicted molar refractivity (Wildman–Crippen MR) is 85.9 cm³/mol. The Balaban J connectivity index is 2.02. The number of nitrogens with one attached hydrogen (secondary N) is 1. The molecule has 100 valence electrons. The topological polar surface area (TPSA) is 12.0 Å². The highest BCUT2D eigenvalue weighted by molar-refractivity contribution is 9.10. The molecule has 2 aromatic rings. The molecule has 0 saturated heterocycles. The van der Waals surface area contributed by atoms with E-state index in [2.05, 4.69) is 40.3 Å². The smallest absolute Gasteiger partial charge is 0.0465 e. The van der Waals surface area contributed by atoms with Crippen molar-refractivity contribution in [2.45, 2.75) is 19.5 Å². The van der Waals surface area contributed by atoms with Gasteiger partial charge in [0.2, 0.25) is 0 Å². The van der Waals surface area contributed by atoms with Gasteiger partial charge in [0.25, 0.3) is 0 Å². The van der Waals surface area contributed by atoms with Crippen LogP contribution in [0.5, 0.6) is 0 Å². The zero-order chi connectivity index (χ0) is 13.8. The number of rotatable bonds is 4. The summed E-state index contributed by atoms with van der Waals surface area (Å²) in [6, 6.07) is 14.1. The lowest BCUT2D eigenvalue weighted by Crippen LogP contribution is -2.18. The normalized spacial score (nSPS) is 12.4. The van der Waals surface area contributed by atoms with E-state index in [1.807, 2.05) is 24.3 Å². The van der Waals surface area contributed by atoms with E-state index >= 15 is 0 Å². The summed E-state index contributed by atoms with van der Waals surface area (Å²) >= 11 is 15.5. The van der Waals surface area contributed by atoms with Crippen molar-refractivity contribution in [2.24, 2.45) is 0 Å². The molecule has 0 bridgehead atoms. The van der Waals surface area contributed by atoms with Crippen molar-refractivity contribution in [3.8, 4) is 0 Å². The van der Waals surface area contributed by atoms with Gasteiger partial charge in [-0.1, -0.05) is 57.3 Å². The summed E-state index contributed by atoms with van der Waals surface area (Å²) in [5.41, 5.74) is 2.28. The highest BCUT2D eigenvalue weighted by Gasteiger charge is 2.07. The molecule has 0 amide bonds. The zero-order valence-electron chi connectivity index (χ0n) is 10.5. The van der Waals surface area contributed by atoms with E-state index in [1.165, 1.54) is 5.56 Å². The molecule has 4 heteroatoms. The Morgan fingerprint density at radius 1 is 1.16 bits per heavy atom. The van der Waals surface area contributed by atoms with E-state index in [0.717, 1.165) is 10.0 Å². The minimum atomic E-state index is 0.254. The molecule has 2 aromatic carbocycles. The first-order chi connectivity index (χ1) is 9.06. The first-order valence-corrected chi connectivity index (χ1v) is 7.54. The molecule has 0 saturated carbocycles. The Hall–Kier alpha value is -0.540. The van der Waals surface area contributed by atoms with Crippen molar-refractivity contribution in [2.75, 3.05) is 0 Å². The summed E-state index contributed by atoms with van der Waals surface area (Å²) in [4.78, 5) is 0. The van der Waals surface area contributed by atoms with E-state index in [0.29, 0.717) is 16.6 Å². The van der Waals surface area contributed by atoms with E-state index in [4.69, 9.17) is 23.2 Å². The molecule has 19 heavy (non-hydrogen) atoms. The lowest BCUT2D eigenvalue weighted by molar-refractivity contribution is 0.574. The quantitative estimate of drug-likeness (QED) is 0.749. The maximum absolute atomic E-state index is 6.15. The third-order valence-electron chi connectivity index (χ3n) is 2.96. The Morgan fingerprint density at radius 3 is 2.63 bits per heavy atom. The molecule has 0 fully saturated rings. The van der Waals surface area contributed by atoms with Gasteiger partial charge in [0.15, 0.2) is 0 Å². The van der Waals surface area contributed by atoms with Crippen LogP contribution < -0.4 is 5.32 Å². The molecule has 0 heterocycles. The van der Waals surface area contributed by atoms with Gasteiger partial charge in [-0.3, -0.25) is 0 Å². The van der Waals surface area contributed by atoms with Crippen molar-refractivity contribution in [1.82, 2.24) is 5.32 Å². The van der Waals surface area contributed by atoms with E-state index in [1.54, 1.807) is 6.07 Å². The number of halogens is 3. The number of benzene rings is 2. The Bertz CT molecular complexity index is 572. The summed E-state index contributed by atoms with van der Waals surface area (Å²) < 4.78 is 1.09. The van der Waals surface area contributed by atoms with Gasteiger partial charge in [-0.05, 0) is 42.3 Å². The minimum Gasteiger partial charge on any atom is -0.306 e. The molecule has 0 radical (unpaired) electrons. The fourth-order valence-electron chi connectivity index (χ4n) is 1.82. The van der Waals surface area contributed by atoms with Gasteiger partial charge >= 0.3 is 0 Å². The lowest BCUT2D eigenvalue weighted by Gasteiger charge is -2.15. The maximum Gasteiger partial charge on any atom is 0.0465 e. The standard InChI is InChI=1S/C15H14BrCl2N/c1-10(11-3-2-4-13(16)7-11)19-9-12-5-6-14(17)8-15(12)18/h2-8,10,19H,9H2,1H3/t10-/m0/s1. The molecular weight excluding hydrogens is 345 g/mol.